The smallest absolute Gasteiger partial charge is 0.247 e. The van der Waals surface area contributed by atoms with Crippen molar-refractivity contribution in [1.29, 1.82) is 0 Å². The highest BCUT2D eigenvalue weighted by Gasteiger charge is 2.30. The van der Waals surface area contributed by atoms with Gasteiger partial charge in [0.15, 0.2) is 0 Å². The van der Waals surface area contributed by atoms with E-state index in [0.29, 0.717) is 32.7 Å². The topological polar surface area (TPSA) is 67.9 Å². The molecule has 162 valence electrons. The van der Waals surface area contributed by atoms with Gasteiger partial charge in [-0.25, -0.2) is 0 Å². The summed E-state index contributed by atoms with van der Waals surface area (Å²) in [6.07, 6.45) is 1.04. The van der Waals surface area contributed by atoms with Crippen LogP contribution in [0.25, 0.3) is 0 Å². The number of nitrogens with zero attached hydrogens (tertiary/aromatic N) is 1. The van der Waals surface area contributed by atoms with E-state index in [4.69, 9.17) is 9.47 Å². The number of methoxy groups -OCH3 is 1. The highest BCUT2D eigenvalue weighted by molar-refractivity contribution is 5.88. The summed E-state index contributed by atoms with van der Waals surface area (Å²) in [6, 6.07) is 16.3. The molecule has 30 heavy (non-hydrogen) atoms. The summed E-state index contributed by atoms with van der Waals surface area (Å²) in [7, 11) is 1.61. The van der Waals surface area contributed by atoms with Crippen molar-refractivity contribution < 1.29 is 19.1 Å². The zero-order valence-corrected chi connectivity index (χ0v) is 18.1. The Balaban J connectivity index is 2.25. The molecule has 0 aliphatic heterocycles. The Hall–Kier alpha value is -2.86. The van der Waals surface area contributed by atoms with Crippen LogP contribution >= 0.6 is 0 Å². The van der Waals surface area contributed by atoms with Crippen LogP contribution in [-0.4, -0.2) is 43.6 Å². The number of amides is 2. The Morgan fingerprint density at radius 3 is 2.33 bits per heavy atom. The van der Waals surface area contributed by atoms with E-state index in [0.717, 1.165) is 23.3 Å². The fourth-order valence-electron chi connectivity index (χ4n) is 3.19. The van der Waals surface area contributed by atoms with Crippen molar-refractivity contribution in [3.63, 3.8) is 0 Å². The minimum atomic E-state index is -0.701. The lowest BCUT2D eigenvalue weighted by Crippen LogP contribution is -2.43. The van der Waals surface area contributed by atoms with Crippen molar-refractivity contribution in [2.45, 2.75) is 39.3 Å². The Bertz CT molecular complexity index is 778. The molecule has 0 saturated carbocycles. The van der Waals surface area contributed by atoms with E-state index in [1.807, 2.05) is 68.4 Å². The number of carbonyl (C=O) groups excluding carboxylic acids is 2. The average molecular weight is 413 g/mol. The number of benzene rings is 2. The monoisotopic (exact) mass is 412 g/mol. The first-order valence-electron chi connectivity index (χ1n) is 10.4. The minimum absolute atomic E-state index is 0.0795. The lowest BCUT2D eigenvalue weighted by molar-refractivity contribution is -0.141. The maximum Gasteiger partial charge on any atom is 0.247 e. The van der Waals surface area contributed by atoms with Gasteiger partial charge in [0.2, 0.25) is 11.8 Å². The summed E-state index contributed by atoms with van der Waals surface area (Å²) in [6.45, 7) is 5.84. The molecule has 0 aromatic heterocycles. The van der Waals surface area contributed by atoms with E-state index in [9.17, 15) is 9.59 Å². The SMILES string of the molecule is CCOCCCNC(=O)C(c1ccccc1)N(Cc1ccc(OC)cc1)C(=O)CC. The first-order valence-corrected chi connectivity index (χ1v) is 10.4. The molecule has 2 rings (SSSR count). The van der Waals surface area contributed by atoms with E-state index in [1.54, 1.807) is 12.0 Å². The summed E-state index contributed by atoms with van der Waals surface area (Å²) in [5.41, 5.74) is 1.72. The second-order valence-corrected chi connectivity index (χ2v) is 6.88. The van der Waals surface area contributed by atoms with Crippen LogP contribution in [0, 0.1) is 0 Å². The molecule has 1 atom stereocenters. The number of rotatable bonds is 12. The van der Waals surface area contributed by atoms with E-state index in [2.05, 4.69) is 5.32 Å². The lowest BCUT2D eigenvalue weighted by atomic mass is 10.0. The first kappa shape index (κ1) is 23.4. The number of hydrogen-bond acceptors (Lipinski definition) is 4. The van der Waals surface area contributed by atoms with Gasteiger partial charge in [0.1, 0.15) is 11.8 Å². The van der Waals surface area contributed by atoms with Crippen molar-refractivity contribution >= 4 is 11.8 Å². The molecule has 0 aliphatic rings. The van der Waals surface area contributed by atoms with Gasteiger partial charge in [0.05, 0.1) is 7.11 Å². The van der Waals surface area contributed by atoms with Gasteiger partial charge in [0, 0.05) is 32.7 Å². The highest BCUT2D eigenvalue weighted by atomic mass is 16.5. The molecule has 0 spiro atoms. The molecule has 0 aliphatic carbocycles. The van der Waals surface area contributed by atoms with Gasteiger partial charge in [-0.05, 0) is 36.6 Å². The first-order chi connectivity index (χ1) is 14.6. The quantitative estimate of drug-likeness (QED) is 0.540. The average Bonchev–Trinajstić information content (AvgIpc) is 2.79. The Kier molecular flexibility index (Phi) is 9.87. The van der Waals surface area contributed by atoms with Crippen LogP contribution in [0.2, 0.25) is 0 Å². The van der Waals surface area contributed by atoms with E-state index < -0.39 is 6.04 Å². The molecule has 2 amide bonds. The molecule has 0 bridgehead atoms. The fourth-order valence-corrected chi connectivity index (χ4v) is 3.19. The zero-order valence-electron chi connectivity index (χ0n) is 18.1. The Morgan fingerprint density at radius 2 is 1.73 bits per heavy atom. The molecule has 0 radical (unpaired) electrons. The minimum Gasteiger partial charge on any atom is -0.497 e. The number of hydrogen-bond donors (Lipinski definition) is 1. The molecule has 1 N–H and O–H groups in total. The maximum atomic E-state index is 13.2. The van der Waals surface area contributed by atoms with Gasteiger partial charge in [-0.1, -0.05) is 49.4 Å². The Morgan fingerprint density at radius 1 is 1.03 bits per heavy atom. The predicted molar refractivity (Wildman–Crippen MR) is 117 cm³/mol. The van der Waals surface area contributed by atoms with Gasteiger partial charge in [-0.3, -0.25) is 9.59 Å². The molecule has 0 fully saturated rings. The molecule has 0 heterocycles. The summed E-state index contributed by atoms with van der Waals surface area (Å²) in [5, 5.41) is 2.97. The van der Waals surface area contributed by atoms with Crippen molar-refractivity contribution in [2.75, 3.05) is 26.9 Å². The van der Waals surface area contributed by atoms with Crippen LogP contribution in [0.5, 0.6) is 5.75 Å². The third kappa shape index (κ3) is 6.88. The number of nitrogens with one attached hydrogen (secondary N) is 1. The predicted octanol–water partition coefficient (Wildman–Crippen LogP) is 3.72. The second-order valence-electron chi connectivity index (χ2n) is 6.88. The van der Waals surface area contributed by atoms with Gasteiger partial charge in [-0.15, -0.1) is 0 Å². The van der Waals surface area contributed by atoms with E-state index in [1.165, 1.54) is 0 Å². The highest BCUT2D eigenvalue weighted by Crippen LogP contribution is 2.25. The summed E-state index contributed by atoms with van der Waals surface area (Å²) < 4.78 is 10.6. The zero-order chi connectivity index (χ0) is 21.8. The molecule has 6 heteroatoms. The fraction of sp³-hybridized carbons (Fsp3) is 0.417. The molecular formula is C24H32N2O4. The molecule has 2 aromatic rings. The van der Waals surface area contributed by atoms with Crippen LogP contribution in [0.3, 0.4) is 0 Å². The van der Waals surface area contributed by atoms with Gasteiger partial charge in [0.25, 0.3) is 0 Å². The van der Waals surface area contributed by atoms with Gasteiger partial charge >= 0.3 is 0 Å². The molecule has 0 saturated heterocycles. The van der Waals surface area contributed by atoms with Crippen LogP contribution in [0.15, 0.2) is 54.6 Å². The summed E-state index contributed by atoms with van der Waals surface area (Å²) in [4.78, 5) is 27.7. The van der Waals surface area contributed by atoms with Gasteiger partial charge < -0.3 is 19.7 Å². The summed E-state index contributed by atoms with van der Waals surface area (Å²) >= 11 is 0. The third-order valence-corrected chi connectivity index (χ3v) is 4.78. The van der Waals surface area contributed by atoms with Crippen molar-refractivity contribution in [1.82, 2.24) is 10.2 Å². The van der Waals surface area contributed by atoms with Crippen molar-refractivity contribution in [3.05, 3.63) is 65.7 Å². The van der Waals surface area contributed by atoms with Crippen LogP contribution in [0.1, 0.15) is 43.9 Å². The normalized spacial score (nSPS) is 11.6. The number of ether oxygens (including phenoxy) is 2. The van der Waals surface area contributed by atoms with Crippen LogP contribution in [0.4, 0.5) is 0 Å². The molecular weight excluding hydrogens is 380 g/mol. The Labute approximate surface area is 179 Å². The molecule has 6 nitrogen and oxygen atoms in total. The van der Waals surface area contributed by atoms with Gasteiger partial charge in [-0.2, -0.15) is 0 Å². The number of carbonyl (C=O) groups is 2. The standard InChI is InChI=1S/C24H32N2O4/c1-4-22(27)26(18-19-12-14-21(29-3)15-13-19)23(20-10-7-6-8-11-20)24(28)25-16-9-17-30-5-2/h6-8,10-15,23H,4-5,9,16-18H2,1-3H3,(H,25,28). The third-order valence-electron chi connectivity index (χ3n) is 4.78. The maximum absolute atomic E-state index is 13.2. The van der Waals surface area contributed by atoms with Crippen molar-refractivity contribution in [2.24, 2.45) is 0 Å². The second kappa shape index (κ2) is 12.6. The van der Waals surface area contributed by atoms with E-state index >= 15 is 0 Å². The largest absolute Gasteiger partial charge is 0.497 e. The molecule has 2 aromatic carbocycles. The van der Waals surface area contributed by atoms with Crippen molar-refractivity contribution in [3.8, 4) is 5.75 Å². The van der Waals surface area contributed by atoms with Crippen LogP contribution in [-0.2, 0) is 20.9 Å². The lowest BCUT2D eigenvalue weighted by Gasteiger charge is -2.31. The van der Waals surface area contributed by atoms with Crippen LogP contribution < -0.4 is 10.1 Å². The molecule has 1 unspecified atom stereocenters. The summed E-state index contributed by atoms with van der Waals surface area (Å²) in [5.74, 6) is 0.482. The van der Waals surface area contributed by atoms with E-state index in [-0.39, 0.29) is 11.8 Å².